The van der Waals surface area contributed by atoms with E-state index in [9.17, 15) is 4.79 Å². The first-order valence-electron chi connectivity index (χ1n) is 4.19. The Kier molecular flexibility index (Phi) is 8.49. The molecule has 0 bridgehead atoms. The molecular formula is C10H13ClO2. The summed E-state index contributed by atoms with van der Waals surface area (Å²) in [6.07, 6.45) is 4.45. The number of unbranched alkanes of at least 4 members (excludes halogenated alkanes) is 1. The lowest BCUT2D eigenvalue weighted by atomic mass is 10.3. The largest absolute Gasteiger partial charge is 0.463 e. The smallest absolute Gasteiger partial charge is 0.331 e. The van der Waals surface area contributed by atoms with Crippen LogP contribution >= 0.6 is 11.6 Å². The molecule has 0 radical (unpaired) electrons. The lowest BCUT2D eigenvalue weighted by molar-refractivity contribution is -0.137. The third-order valence-electron chi connectivity index (χ3n) is 1.13. The Hall–Kier alpha value is -0.940. The van der Waals surface area contributed by atoms with Crippen LogP contribution < -0.4 is 0 Å². The Morgan fingerprint density at radius 2 is 2.38 bits per heavy atom. The van der Waals surface area contributed by atoms with Crippen LogP contribution in [-0.4, -0.2) is 18.5 Å². The first-order valence-corrected chi connectivity index (χ1v) is 4.72. The molecule has 0 unspecified atom stereocenters. The number of hydrogen-bond donors (Lipinski definition) is 0. The number of ether oxygens (including phenoxy) is 1. The number of carbonyl (C=O) groups excluding carboxylic acids is 1. The fourth-order valence-corrected chi connectivity index (χ4v) is 0.720. The quantitative estimate of drug-likeness (QED) is 0.229. The monoisotopic (exact) mass is 200 g/mol. The molecule has 2 nitrogen and oxygen atoms in total. The summed E-state index contributed by atoms with van der Waals surface area (Å²) in [6, 6.07) is 0. The highest BCUT2D eigenvalue weighted by atomic mass is 35.5. The van der Waals surface area contributed by atoms with Crippen LogP contribution in [0.2, 0.25) is 0 Å². The first kappa shape index (κ1) is 12.1. The van der Waals surface area contributed by atoms with Gasteiger partial charge < -0.3 is 4.74 Å². The van der Waals surface area contributed by atoms with E-state index >= 15 is 0 Å². The molecule has 0 aliphatic rings. The molecule has 0 aromatic carbocycles. The second kappa shape index (κ2) is 9.15. The molecule has 0 spiro atoms. The average Bonchev–Trinajstić information content (AvgIpc) is 2.11. The van der Waals surface area contributed by atoms with Gasteiger partial charge in [0.15, 0.2) is 0 Å². The van der Waals surface area contributed by atoms with Crippen molar-refractivity contribution in [3.8, 4) is 11.8 Å². The maximum atomic E-state index is 10.7. The van der Waals surface area contributed by atoms with Crippen molar-refractivity contribution in [1.29, 1.82) is 0 Å². The van der Waals surface area contributed by atoms with E-state index in [4.69, 9.17) is 11.6 Å². The van der Waals surface area contributed by atoms with Gasteiger partial charge in [-0.3, -0.25) is 0 Å². The molecule has 0 aliphatic carbocycles. The highest BCUT2D eigenvalue weighted by Crippen LogP contribution is 1.88. The normalized spacial score (nSPS) is 9.38. The molecule has 0 fully saturated rings. The Morgan fingerprint density at radius 3 is 3.00 bits per heavy atom. The maximum absolute atomic E-state index is 10.7. The van der Waals surface area contributed by atoms with Crippen molar-refractivity contribution in [2.24, 2.45) is 0 Å². The number of halogens is 1. The van der Waals surface area contributed by atoms with Crippen molar-refractivity contribution in [2.75, 3.05) is 12.5 Å². The highest BCUT2D eigenvalue weighted by Gasteiger charge is 1.89. The zero-order chi connectivity index (χ0) is 9.94. The Labute approximate surface area is 83.9 Å². The molecule has 0 saturated heterocycles. The number of rotatable bonds is 4. The molecule has 0 rings (SSSR count). The molecule has 0 aromatic heterocycles. The molecule has 0 atom stereocenters. The summed E-state index contributed by atoms with van der Waals surface area (Å²) in [5.41, 5.74) is 0. The van der Waals surface area contributed by atoms with Crippen molar-refractivity contribution in [2.45, 2.75) is 19.8 Å². The number of allylic oxidation sites excluding steroid dienone is 1. The fourth-order valence-electron chi connectivity index (χ4n) is 0.586. The van der Waals surface area contributed by atoms with Crippen molar-refractivity contribution >= 4 is 17.6 Å². The lowest BCUT2D eigenvalue weighted by Crippen LogP contribution is -1.98. The van der Waals surface area contributed by atoms with Gasteiger partial charge in [-0.2, -0.15) is 0 Å². The summed E-state index contributed by atoms with van der Waals surface area (Å²) in [6.45, 7) is 2.15. The number of esters is 1. The molecule has 13 heavy (non-hydrogen) atoms. The summed E-state index contributed by atoms with van der Waals surface area (Å²) in [5.74, 6) is 5.84. The van der Waals surface area contributed by atoms with E-state index in [1.165, 1.54) is 12.2 Å². The van der Waals surface area contributed by atoms with E-state index in [1.807, 2.05) is 0 Å². The minimum Gasteiger partial charge on any atom is -0.463 e. The predicted octanol–water partition coefficient (Wildman–Crippen LogP) is 2.13. The van der Waals surface area contributed by atoms with Crippen LogP contribution in [0.4, 0.5) is 0 Å². The number of hydrogen-bond acceptors (Lipinski definition) is 2. The van der Waals surface area contributed by atoms with Gasteiger partial charge in [-0.25, -0.2) is 4.79 Å². The second-order valence-electron chi connectivity index (χ2n) is 2.20. The van der Waals surface area contributed by atoms with Crippen LogP contribution in [0.1, 0.15) is 19.8 Å². The zero-order valence-corrected chi connectivity index (χ0v) is 8.43. The third-order valence-corrected chi connectivity index (χ3v) is 1.39. The van der Waals surface area contributed by atoms with E-state index < -0.39 is 0 Å². The molecule has 72 valence electrons. The summed E-state index contributed by atoms with van der Waals surface area (Å²) in [7, 11) is 0. The van der Waals surface area contributed by atoms with Gasteiger partial charge in [-0.05, 0) is 19.4 Å². The maximum Gasteiger partial charge on any atom is 0.331 e. The highest BCUT2D eigenvalue weighted by molar-refractivity contribution is 6.17. The van der Waals surface area contributed by atoms with Crippen molar-refractivity contribution in [1.82, 2.24) is 0 Å². The minimum atomic E-state index is -0.353. The predicted molar refractivity (Wildman–Crippen MR) is 53.5 cm³/mol. The van der Waals surface area contributed by atoms with Crippen LogP contribution in [0.3, 0.4) is 0 Å². The van der Waals surface area contributed by atoms with Gasteiger partial charge >= 0.3 is 5.97 Å². The Bertz CT molecular complexity index is 223. The molecular weight excluding hydrogens is 188 g/mol. The van der Waals surface area contributed by atoms with Gasteiger partial charge in [0.25, 0.3) is 0 Å². The Morgan fingerprint density at radius 1 is 1.62 bits per heavy atom. The average molecular weight is 201 g/mol. The zero-order valence-electron chi connectivity index (χ0n) is 7.68. The molecule has 0 aromatic rings. The van der Waals surface area contributed by atoms with Gasteiger partial charge in [-0.1, -0.05) is 11.8 Å². The molecule has 0 heterocycles. The van der Waals surface area contributed by atoms with Gasteiger partial charge in [0.2, 0.25) is 0 Å². The molecule has 0 amide bonds. The van der Waals surface area contributed by atoms with E-state index in [1.54, 1.807) is 6.92 Å². The molecule has 0 aliphatic heterocycles. The SMILES string of the molecule is CCOC(=O)/C=C\C#CCCCCl. The van der Waals surface area contributed by atoms with E-state index in [2.05, 4.69) is 16.6 Å². The minimum absolute atomic E-state index is 0.353. The van der Waals surface area contributed by atoms with E-state index in [0.29, 0.717) is 12.5 Å². The van der Waals surface area contributed by atoms with Gasteiger partial charge in [-0.15, -0.1) is 11.6 Å². The van der Waals surface area contributed by atoms with Crippen LogP contribution in [0.15, 0.2) is 12.2 Å². The van der Waals surface area contributed by atoms with Crippen molar-refractivity contribution in [3.05, 3.63) is 12.2 Å². The molecule has 0 saturated carbocycles. The Balaban J connectivity index is 3.58. The van der Waals surface area contributed by atoms with Crippen LogP contribution in [-0.2, 0) is 9.53 Å². The third kappa shape index (κ3) is 8.97. The number of alkyl halides is 1. The van der Waals surface area contributed by atoms with Crippen molar-refractivity contribution < 1.29 is 9.53 Å². The van der Waals surface area contributed by atoms with Crippen molar-refractivity contribution in [3.63, 3.8) is 0 Å². The molecule has 3 heteroatoms. The van der Waals surface area contributed by atoms with Gasteiger partial charge in [0.05, 0.1) is 6.61 Å². The standard InChI is InChI=1S/C10H13ClO2/c1-2-13-10(12)8-6-4-3-5-7-9-11/h6,8H,2,5,7,9H2,1H3/b8-6-. The summed E-state index contributed by atoms with van der Waals surface area (Å²) in [5, 5.41) is 0. The van der Waals surface area contributed by atoms with Crippen LogP contribution in [0, 0.1) is 11.8 Å². The van der Waals surface area contributed by atoms with Gasteiger partial charge in [0, 0.05) is 18.4 Å². The van der Waals surface area contributed by atoms with E-state index in [-0.39, 0.29) is 5.97 Å². The topological polar surface area (TPSA) is 26.3 Å². The number of carbonyl (C=O) groups is 1. The first-order chi connectivity index (χ1) is 6.31. The van der Waals surface area contributed by atoms with Crippen LogP contribution in [0.25, 0.3) is 0 Å². The van der Waals surface area contributed by atoms with Gasteiger partial charge in [0.1, 0.15) is 0 Å². The van der Waals surface area contributed by atoms with E-state index in [0.717, 1.165) is 12.8 Å². The lowest BCUT2D eigenvalue weighted by Gasteiger charge is -1.91. The summed E-state index contributed by atoms with van der Waals surface area (Å²) >= 11 is 5.45. The molecule has 0 N–H and O–H groups in total. The fraction of sp³-hybridized carbons (Fsp3) is 0.500. The summed E-state index contributed by atoms with van der Waals surface area (Å²) < 4.78 is 4.65. The summed E-state index contributed by atoms with van der Waals surface area (Å²) in [4.78, 5) is 10.7. The second-order valence-corrected chi connectivity index (χ2v) is 2.58. The van der Waals surface area contributed by atoms with Crippen LogP contribution in [0.5, 0.6) is 0 Å².